The molecule has 0 saturated heterocycles. The first-order valence-corrected chi connectivity index (χ1v) is 11.1. The van der Waals surface area contributed by atoms with Crippen molar-refractivity contribution in [3.63, 3.8) is 0 Å². The number of benzene rings is 3. The van der Waals surface area contributed by atoms with Gasteiger partial charge in [0.25, 0.3) is 0 Å². The molecule has 0 unspecified atom stereocenters. The number of methoxy groups -OCH3 is 1. The van der Waals surface area contributed by atoms with Crippen LogP contribution in [0.15, 0.2) is 54.6 Å². The maximum atomic E-state index is 12.6. The molecule has 0 fully saturated rings. The molecule has 0 atom stereocenters. The number of nitrogens with zero attached hydrogens (tertiary/aromatic N) is 3. The van der Waals surface area contributed by atoms with Crippen LogP contribution in [0.2, 0.25) is 10.0 Å². The third-order valence-corrected chi connectivity index (χ3v) is 5.71. The third kappa shape index (κ3) is 5.02. The normalized spacial score (nSPS) is 11.3. The minimum atomic E-state index is -0.307. The molecule has 1 aromatic heterocycles. The first-order valence-electron chi connectivity index (χ1n) is 10.4. The Kier molecular flexibility index (Phi) is 6.67. The van der Waals surface area contributed by atoms with Crippen LogP contribution >= 0.6 is 23.2 Å². The fraction of sp³-hybridized carbons (Fsp3) is 0.160. The summed E-state index contributed by atoms with van der Waals surface area (Å²) in [5, 5.41) is 12.9. The van der Waals surface area contributed by atoms with Crippen molar-refractivity contribution in [2.75, 3.05) is 12.4 Å². The molecule has 0 bridgehead atoms. The lowest BCUT2D eigenvalue weighted by Gasteiger charge is -2.08. The van der Waals surface area contributed by atoms with Crippen molar-refractivity contribution in [1.82, 2.24) is 15.0 Å². The number of hydrogen-bond donors (Lipinski definition) is 1. The Morgan fingerprint density at radius 2 is 1.79 bits per heavy atom. The first-order chi connectivity index (χ1) is 15.9. The average Bonchev–Trinajstić information content (AvgIpc) is 3.20. The van der Waals surface area contributed by atoms with Gasteiger partial charge in [-0.25, -0.2) is 0 Å². The molecule has 4 aromatic rings. The van der Waals surface area contributed by atoms with Crippen LogP contribution in [0.25, 0.3) is 22.8 Å². The van der Waals surface area contributed by atoms with Crippen molar-refractivity contribution in [3.05, 3.63) is 81.3 Å². The molecule has 0 aliphatic rings. The molecule has 0 saturated carbocycles. The van der Waals surface area contributed by atoms with E-state index in [1.807, 2.05) is 31.2 Å². The van der Waals surface area contributed by atoms with E-state index in [-0.39, 0.29) is 5.91 Å². The predicted octanol–water partition coefficient (Wildman–Crippen LogP) is 6.26. The number of halogens is 2. The van der Waals surface area contributed by atoms with Crippen LogP contribution in [0.3, 0.4) is 0 Å². The van der Waals surface area contributed by atoms with Gasteiger partial charge in [-0.2, -0.15) is 4.80 Å². The van der Waals surface area contributed by atoms with Gasteiger partial charge in [0.05, 0.1) is 17.8 Å². The summed E-state index contributed by atoms with van der Waals surface area (Å²) in [7, 11) is 1.51. The molecule has 0 aliphatic heterocycles. The van der Waals surface area contributed by atoms with Gasteiger partial charge in [0.2, 0.25) is 5.91 Å². The maximum Gasteiger partial charge on any atom is 0.248 e. The van der Waals surface area contributed by atoms with E-state index >= 15 is 0 Å². The number of aromatic nitrogens is 3. The second kappa shape index (κ2) is 9.65. The highest BCUT2D eigenvalue weighted by Gasteiger charge is 2.11. The molecule has 1 N–H and O–H groups in total. The summed E-state index contributed by atoms with van der Waals surface area (Å²) >= 11 is 12.2. The molecule has 33 heavy (non-hydrogen) atoms. The quantitative estimate of drug-likeness (QED) is 0.330. The van der Waals surface area contributed by atoms with Crippen LogP contribution in [0.4, 0.5) is 5.69 Å². The van der Waals surface area contributed by atoms with E-state index in [4.69, 9.17) is 27.9 Å². The molecule has 4 rings (SSSR count). The number of hydrogen-bond acceptors (Lipinski definition) is 4. The van der Waals surface area contributed by atoms with Crippen molar-refractivity contribution in [2.45, 2.75) is 20.3 Å². The number of carbonyl (C=O) groups excluding carboxylic acids is 1. The van der Waals surface area contributed by atoms with Crippen molar-refractivity contribution < 1.29 is 9.53 Å². The van der Waals surface area contributed by atoms with Crippen LogP contribution in [-0.4, -0.2) is 28.0 Å². The van der Waals surface area contributed by atoms with E-state index in [0.29, 0.717) is 32.6 Å². The molecule has 8 heteroatoms. The minimum Gasteiger partial charge on any atom is -0.495 e. The minimum absolute atomic E-state index is 0.307. The Morgan fingerprint density at radius 1 is 1.09 bits per heavy atom. The Labute approximate surface area is 201 Å². The largest absolute Gasteiger partial charge is 0.495 e. The Hall–Kier alpha value is -3.35. The molecular weight excluding hydrogens is 459 g/mol. The highest BCUT2D eigenvalue weighted by Crippen LogP contribution is 2.33. The SMILES string of the molecule is CCc1ccc(-n2nc3cc(C)c(NC(=O)/C=C/c4cc(Cl)cc(Cl)c4OC)cc3n2)cc1. The van der Waals surface area contributed by atoms with Crippen molar-refractivity contribution in [1.29, 1.82) is 0 Å². The highest BCUT2D eigenvalue weighted by molar-refractivity contribution is 6.36. The smallest absolute Gasteiger partial charge is 0.248 e. The first kappa shape index (κ1) is 22.8. The number of rotatable bonds is 6. The second-order valence-corrected chi connectivity index (χ2v) is 8.34. The van der Waals surface area contributed by atoms with Gasteiger partial charge in [-0.05, 0) is 66.9 Å². The summed E-state index contributed by atoms with van der Waals surface area (Å²) in [5.41, 5.74) is 5.70. The van der Waals surface area contributed by atoms with E-state index in [2.05, 4.69) is 34.6 Å². The average molecular weight is 481 g/mol. The maximum absolute atomic E-state index is 12.6. The molecule has 0 aliphatic carbocycles. The van der Waals surface area contributed by atoms with Crippen LogP contribution in [0, 0.1) is 6.92 Å². The van der Waals surface area contributed by atoms with Crippen LogP contribution < -0.4 is 10.1 Å². The number of amides is 1. The van der Waals surface area contributed by atoms with Gasteiger partial charge in [0.1, 0.15) is 16.8 Å². The molecule has 6 nitrogen and oxygen atoms in total. The van der Waals surface area contributed by atoms with E-state index < -0.39 is 0 Å². The molecular formula is C25H22Cl2N4O2. The van der Waals surface area contributed by atoms with E-state index in [1.165, 1.54) is 18.7 Å². The van der Waals surface area contributed by atoms with Crippen molar-refractivity contribution in [3.8, 4) is 11.4 Å². The van der Waals surface area contributed by atoms with Crippen molar-refractivity contribution >= 4 is 51.9 Å². The van der Waals surface area contributed by atoms with Crippen molar-refractivity contribution in [2.24, 2.45) is 0 Å². The van der Waals surface area contributed by atoms with Crippen LogP contribution in [0.1, 0.15) is 23.6 Å². The number of anilines is 1. The molecule has 1 heterocycles. The molecule has 1 amide bonds. The van der Waals surface area contributed by atoms with Gasteiger partial charge in [-0.1, -0.05) is 42.3 Å². The number of fused-ring (bicyclic) bond motifs is 1. The zero-order valence-electron chi connectivity index (χ0n) is 18.4. The molecule has 0 radical (unpaired) electrons. The number of aryl methyl sites for hydroxylation is 2. The fourth-order valence-corrected chi connectivity index (χ4v) is 4.03. The topological polar surface area (TPSA) is 69.0 Å². The number of carbonyl (C=O) groups is 1. The standard InChI is InChI=1S/C25H22Cl2N4O2/c1-4-16-5-8-19(9-6-16)31-29-22-11-15(2)21(14-23(22)30-31)28-24(32)10-7-17-12-18(26)13-20(27)25(17)33-3/h5-14H,4H2,1-3H3,(H,28,32)/b10-7+. The predicted molar refractivity (Wildman–Crippen MR) is 134 cm³/mol. The fourth-order valence-electron chi connectivity index (χ4n) is 3.44. The highest BCUT2D eigenvalue weighted by atomic mass is 35.5. The Balaban J connectivity index is 1.56. The third-order valence-electron chi connectivity index (χ3n) is 5.22. The van der Waals surface area contributed by atoms with Gasteiger partial charge in [0, 0.05) is 22.3 Å². The summed E-state index contributed by atoms with van der Waals surface area (Å²) in [5.74, 6) is 0.143. The summed E-state index contributed by atoms with van der Waals surface area (Å²) < 4.78 is 5.31. The lowest BCUT2D eigenvalue weighted by molar-refractivity contribution is -0.111. The van der Waals surface area contributed by atoms with Gasteiger partial charge < -0.3 is 10.1 Å². The zero-order chi connectivity index (χ0) is 23.5. The molecule has 0 spiro atoms. The zero-order valence-corrected chi connectivity index (χ0v) is 19.9. The van der Waals surface area contributed by atoms with E-state index in [1.54, 1.807) is 23.0 Å². The van der Waals surface area contributed by atoms with Crippen LogP contribution in [0.5, 0.6) is 5.75 Å². The van der Waals surface area contributed by atoms with E-state index in [0.717, 1.165) is 23.2 Å². The lowest BCUT2D eigenvalue weighted by atomic mass is 10.1. The monoisotopic (exact) mass is 480 g/mol. The molecule has 3 aromatic carbocycles. The van der Waals surface area contributed by atoms with Gasteiger partial charge in [-0.15, -0.1) is 10.2 Å². The van der Waals surface area contributed by atoms with Gasteiger partial charge in [0.15, 0.2) is 0 Å². The Bertz CT molecular complexity index is 1360. The summed E-state index contributed by atoms with van der Waals surface area (Å²) in [6, 6.07) is 15.1. The van der Waals surface area contributed by atoms with Gasteiger partial charge in [-0.3, -0.25) is 4.79 Å². The summed E-state index contributed by atoms with van der Waals surface area (Å²) in [6.45, 7) is 4.03. The summed E-state index contributed by atoms with van der Waals surface area (Å²) in [6.07, 6.45) is 3.99. The number of ether oxygens (including phenoxy) is 1. The van der Waals surface area contributed by atoms with Gasteiger partial charge >= 0.3 is 0 Å². The van der Waals surface area contributed by atoms with Crippen LogP contribution in [-0.2, 0) is 11.2 Å². The second-order valence-electron chi connectivity index (χ2n) is 7.50. The summed E-state index contributed by atoms with van der Waals surface area (Å²) in [4.78, 5) is 14.2. The number of nitrogens with one attached hydrogen (secondary N) is 1. The molecule has 168 valence electrons. The van der Waals surface area contributed by atoms with E-state index in [9.17, 15) is 4.79 Å². The Morgan fingerprint density at radius 3 is 2.45 bits per heavy atom. The lowest BCUT2D eigenvalue weighted by Crippen LogP contribution is -2.09.